The smallest absolute Gasteiger partial charge is 0.251 e. The van der Waals surface area contributed by atoms with Crippen LogP contribution in [-0.4, -0.2) is 28.7 Å². The number of aromatic hydroxyl groups is 2. The molecule has 0 bridgehead atoms. The van der Waals surface area contributed by atoms with Gasteiger partial charge in [-0.1, -0.05) is 0 Å². The van der Waals surface area contributed by atoms with Gasteiger partial charge in [0.05, 0.1) is 0 Å². The molecule has 1 aromatic rings. The van der Waals surface area contributed by atoms with Gasteiger partial charge in [0.2, 0.25) is 0 Å². The van der Waals surface area contributed by atoms with Crippen molar-refractivity contribution in [1.82, 2.24) is 5.32 Å². The Morgan fingerprint density at radius 1 is 1.35 bits per heavy atom. The van der Waals surface area contributed by atoms with Crippen LogP contribution in [0.2, 0.25) is 0 Å². The Bertz CT molecular complexity index is 428. The average Bonchev–Trinajstić information content (AvgIpc) is 2.26. The molecule has 1 amide bonds. The summed E-state index contributed by atoms with van der Waals surface area (Å²) >= 11 is 0. The van der Waals surface area contributed by atoms with Gasteiger partial charge in [0.15, 0.2) is 11.5 Å². The number of benzene rings is 1. The van der Waals surface area contributed by atoms with E-state index >= 15 is 0 Å². The highest BCUT2D eigenvalue weighted by Crippen LogP contribution is 2.26. The van der Waals surface area contributed by atoms with Gasteiger partial charge in [0.1, 0.15) is 0 Å². The molecule has 0 aliphatic heterocycles. The molecule has 5 nitrogen and oxygen atoms in total. The molecule has 0 heterocycles. The number of hydrogen-bond donors (Lipinski definition) is 4. The van der Waals surface area contributed by atoms with Gasteiger partial charge < -0.3 is 21.3 Å². The summed E-state index contributed by atoms with van der Waals surface area (Å²) in [7, 11) is 0. The highest BCUT2D eigenvalue weighted by Gasteiger charge is 2.26. The maximum absolute atomic E-state index is 11.7. The zero-order valence-corrected chi connectivity index (χ0v) is 9.39. The second-order valence-corrected chi connectivity index (χ2v) is 4.51. The number of phenols is 2. The number of nitrogens with one attached hydrogen (secondary N) is 1. The molecule has 0 saturated heterocycles. The molecule has 5 heteroatoms. The Balaban J connectivity index is 1.88. The van der Waals surface area contributed by atoms with E-state index in [9.17, 15) is 9.90 Å². The third-order valence-corrected chi connectivity index (χ3v) is 3.06. The standard InChI is InChI=1S/C12H16N2O3/c13-9-3-7(4-9)6-14-12(17)8-1-2-10(15)11(16)5-8/h1-2,5,7,9,15-16H,3-4,6,13H2,(H,14,17). The van der Waals surface area contributed by atoms with Crippen LogP contribution in [0.4, 0.5) is 0 Å². The number of hydrogen-bond acceptors (Lipinski definition) is 4. The molecule has 2 rings (SSSR count). The lowest BCUT2D eigenvalue weighted by Crippen LogP contribution is -2.42. The lowest BCUT2D eigenvalue weighted by atomic mass is 9.81. The van der Waals surface area contributed by atoms with Gasteiger partial charge in [-0.25, -0.2) is 0 Å². The van der Waals surface area contributed by atoms with E-state index in [-0.39, 0.29) is 23.4 Å². The molecule has 17 heavy (non-hydrogen) atoms. The summed E-state index contributed by atoms with van der Waals surface area (Å²) in [4.78, 5) is 11.7. The molecular weight excluding hydrogens is 220 g/mol. The van der Waals surface area contributed by atoms with E-state index in [4.69, 9.17) is 10.8 Å². The minimum atomic E-state index is -0.289. The van der Waals surface area contributed by atoms with Crippen LogP contribution in [0.25, 0.3) is 0 Å². The predicted octanol–water partition coefficient (Wildman–Crippen LogP) is 0.565. The van der Waals surface area contributed by atoms with Crippen LogP contribution in [0.3, 0.4) is 0 Å². The predicted molar refractivity (Wildman–Crippen MR) is 62.8 cm³/mol. The molecule has 92 valence electrons. The molecule has 0 unspecified atom stereocenters. The van der Waals surface area contributed by atoms with Crippen molar-refractivity contribution in [3.05, 3.63) is 23.8 Å². The van der Waals surface area contributed by atoms with Gasteiger partial charge in [0, 0.05) is 18.2 Å². The second kappa shape index (κ2) is 4.63. The van der Waals surface area contributed by atoms with Gasteiger partial charge in [0.25, 0.3) is 5.91 Å². The molecule has 0 atom stereocenters. The van der Waals surface area contributed by atoms with E-state index in [1.807, 2.05) is 0 Å². The van der Waals surface area contributed by atoms with Gasteiger partial charge in [-0.05, 0) is 37.0 Å². The van der Waals surface area contributed by atoms with E-state index in [2.05, 4.69) is 5.32 Å². The fourth-order valence-electron chi connectivity index (χ4n) is 1.96. The maximum Gasteiger partial charge on any atom is 0.251 e. The SMILES string of the molecule is NC1CC(CNC(=O)c2ccc(O)c(O)c2)C1. The topological polar surface area (TPSA) is 95.6 Å². The van der Waals surface area contributed by atoms with Crippen LogP contribution in [0.1, 0.15) is 23.2 Å². The number of rotatable bonds is 3. The summed E-state index contributed by atoms with van der Waals surface area (Å²) < 4.78 is 0. The van der Waals surface area contributed by atoms with Gasteiger partial charge in [-0.15, -0.1) is 0 Å². The molecule has 0 spiro atoms. The fraction of sp³-hybridized carbons (Fsp3) is 0.417. The Kier molecular flexibility index (Phi) is 3.19. The molecule has 1 aromatic carbocycles. The van der Waals surface area contributed by atoms with Gasteiger partial charge in [-0.2, -0.15) is 0 Å². The molecular formula is C12H16N2O3. The van der Waals surface area contributed by atoms with Crippen molar-refractivity contribution in [2.45, 2.75) is 18.9 Å². The number of nitrogens with two attached hydrogens (primary N) is 1. The fourth-order valence-corrected chi connectivity index (χ4v) is 1.96. The number of carbonyl (C=O) groups is 1. The van der Waals surface area contributed by atoms with Crippen molar-refractivity contribution in [3.8, 4) is 11.5 Å². The molecule has 1 aliphatic carbocycles. The summed E-state index contributed by atoms with van der Waals surface area (Å²) in [5.74, 6) is -0.310. The minimum absolute atomic E-state index is 0.230. The minimum Gasteiger partial charge on any atom is -0.504 e. The first-order valence-corrected chi connectivity index (χ1v) is 5.62. The van der Waals surface area contributed by atoms with E-state index in [0.717, 1.165) is 12.8 Å². The Morgan fingerprint density at radius 3 is 2.65 bits per heavy atom. The van der Waals surface area contributed by atoms with Crippen molar-refractivity contribution in [2.24, 2.45) is 11.7 Å². The quantitative estimate of drug-likeness (QED) is 0.577. The van der Waals surface area contributed by atoms with E-state index in [0.29, 0.717) is 18.0 Å². The average molecular weight is 236 g/mol. The summed E-state index contributed by atoms with van der Waals surface area (Å²) in [5, 5.41) is 21.2. The van der Waals surface area contributed by atoms with Crippen molar-refractivity contribution in [3.63, 3.8) is 0 Å². The highest BCUT2D eigenvalue weighted by atomic mass is 16.3. The normalized spacial score (nSPS) is 22.9. The third kappa shape index (κ3) is 2.68. The summed E-state index contributed by atoms with van der Waals surface area (Å²) in [6.07, 6.45) is 1.89. The first kappa shape index (κ1) is 11.7. The molecule has 1 fully saturated rings. The lowest BCUT2D eigenvalue weighted by Gasteiger charge is -2.32. The molecule has 0 aromatic heterocycles. The van der Waals surface area contributed by atoms with Crippen molar-refractivity contribution in [1.29, 1.82) is 0 Å². The highest BCUT2D eigenvalue weighted by molar-refractivity contribution is 5.94. The zero-order valence-electron chi connectivity index (χ0n) is 9.39. The first-order chi connectivity index (χ1) is 8.06. The van der Waals surface area contributed by atoms with E-state index < -0.39 is 0 Å². The van der Waals surface area contributed by atoms with Crippen LogP contribution >= 0.6 is 0 Å². The van der Waals surface area contributed by atoms with Crippen molar-refractivity contribution >= 4 is 5.91 Å². The maximum atomic E-state index is 11.7. The van der Waals surface area contributed by atoms with Crippen LogP contribution < -0.4 is 11.1 Å². The number of carbonyl (C=O) groups excluding carboxylic acids is 1. The van der Waals surface area contributed by atoms with Crippen molar-refractivity contribution in [2.75, 3.05) is 6.54 Å². The Labute approximate surface area is 99.3 Å². The van der Waals surface area contributed by atoms with Crippen LogP contribution in [0, 0.1) is 5.92 Å². The van der Waals surface area contributed by atoms with Crippen LogP contribution in [0.5, 0.6) is 11.5 Å². The summed E-state index contributed by atoms with van der Waals surface area (Å²) in [6, 6.07) is 4.28. The van der Waals surface area contributed by atoms with Gasteiger partial charge in [-0.3, -0.25) is 4.79 Å². The van der Waals surface area contributed by atoms with E-state index in [1.54, 1.807) is 0 Å². The zero-order chi connectivity index (χ0) is 12.4. The lowest BCUT2D eigenvalue weighted by molar-refractivity contribution is 0.0935. The Hall–Kier alpha value is -1.75. The Morgan fingerprint density at radius 2 is 2.06 bits per heavy atom. The molecule has 1 aliphatic rings. The molecule has 0 radical (unpaired) electrons. The first-order valence-electron chi connectivity index (χ1n) is 5.62. The molecule has 1 saturated carbocycles. The number of amides is 1. The van der Waals surface area contributed by atoms with Crippen molar-refractivity contribution < 1.29 is 15.0 Å². The summed E-state index contributed by atoms with van der Waals surface area (Å²) in [5.41, 5.74) is 5.99. The van der Waals surface area contributed by atoms with Gasteiger partial charge >= 0.3 is 0 Å². The largest absolute Gasteiger partial charge is 0.504 e. The van der Waals surface area contributed by atoms with E-state index in [1.165, 1.54) is 18.2 Å². The number of phenolic OH excluding ortho intramolecular Hbond substituents is 2. The third-order valence-electron chi connectivity index (χ3n) is 3.06. The van der Waals surface area contributed by atoms with Crippen LogP contribution in [-0.2, 0) is 0 Å². The monoisotopic (exact) mass is 236 g/mol. The molecule has 5 N–H and O–H groups in total. The summed E-state index contributed by atoms with van der Waals surface area (Å²) in [6.45, 7) is 0.605. The van der Waals surface area contributed by atoms with Crippen LogP contribution in [0.15, 0.2) is 18.2 Å². The second-order valence-electron chi connectivity index (χ2n) is 4.51.